The summed E-state index contributed by atoms with van der Waals surface area (Å²) in [7, 11) is 0. The quantitative estimate of drug-likeness (QED) is 0.617. The van der Waals surface area contributed by atoms with Gasteiger partial charge in [-0.15, -0.1) is 0 Å². The van der Waals surface area contributed by atoms with Crippen molar-refractivity contribution in [2.45, 2.75) is 32.8 Å². The number of ketones is 1. The highest BCUT2D eigenvalue weighted by Gasteiger charge is 2.61. The Morgan fingerprint density at radius 1 is 1.14 bits per heavy atom. The largest absolute Gasteiger partial charge is 0.490 e. The lowest BCUT2D eigenvalue weighted by Crippen LogP contribution is -2.19. The first-order valence-electron chi connectivity index (χ1n) is 7.54. The molecule has 112 valence electrons. The number of esters is 1. The van der Waals surface area contributed by atoms with Crippen LogP contribution in [0.4, 0.5) is 0 Å². The second-order valence-electron chi connectivity index (χ2n) is 5.90. The Kier molecular flexibility index (Phi) is 3.70. The molecule has 1 aromatic carbocycles. The zero-order valence-electron chi connectivity index (χ0n) is 12.4. The van der Waals surface area contributed by atoms with E-state index in [1.54, 1.807) is 19.1 Å². The van der Waals surface area contributed by atoms with Crippen LogP contribution in [0.25, 0.3) is 0 Å². The Bertz CT molecular complexity index is 536. The average molecular weight is 288 g/mol. The van der Waals surface area contributed by atoms with Crippen LogP contribution in [-0.2, 0) is 9.53 Å². The molecule has 0 radical (unpaired) electrons. The zero-order chi connectivity index (χ0) is 15.0. The summed E-state index contributed by atoms with van der Waals surface area (Å²) in [5.74, 6) is 1.78. The zero-order valence-corrected chi connectivity index (χ0v) is 12.4. The molecule has 0 aromatic heterocycles. The summed E-state index contributed by atoms with van der Waals surface area (Å²) < 4.78 is 11.0. The molecule has 2 aliphatic rings. The van der Waals surface area contributed by atoms with Crippen molar-refractivity contribution in [1.82, 2.24) is 0 Å². The number of ether oxygens (including phenoxy) is 2. The number of fused-ring (bicyclic) bond motifs is 1. The van der Waals surface area contributed by atoms with Gasteiger partial charge in [-0.25, -0.2) is 0 Å². The highest BCUT2D eigenvalue weighted by molar-refractivity contribution is 5.94. The molecule has 21 heavy (non-hydrogen) atoms. The van der Waals surface area contributed by atoms with Crippen LogP contribution in [0.5, 0.6) is 5.75 Å². The lowest BCUT2D eigenvalue weighted by molar-refractivity contribution is -0.145. The van der Waals surface area contributed by atoms with Crippen molar-refractivity contribution in [2.75, 3.05) is 6.61 Å². The molecule has 4 heteroatoms. The van der Waals surface area contributed by atoms with Crippen molar-refractivity contribution in [2.24, 2.45) is 17.8 Å². The maximum absolute atomic E-state index is 11.7. The number of carbonyl (C=O) groups excluding carboxylic acids is 2. The molecule has 1 aromatic rings. The monoisotopic (exact) mass is 288 g/mol. The number of benzene rings is 1. The van der Waals surface area contributed by atoms with Gasteiger partial charge in [0.25, 0.3) is 0 Å². The molecule has 2 atom stereocenters. The average Bonchev–Trinajstić information content (AvgIpc) is 2.97. The van der Waals surface area contributed by atoms with Crippen molar-refractivity contribution in [3.8, 4) is 5.75 Å². The van der Waals surface area contributed by atoms with E-state index in [2.05, 4.69) is 0 Å². The normalized spacial score (nSPS) is 29.6. The third-order valence-corrected chi connectivity index (χ3v) is 4.52. The molecule has 0 saturated heterocycles. The van der Waals surface area contributed by atoms with E-state index in [-0.39, 0.29) is 23.8 Å². The van der Waals surface area contributed by atoms with Gasteiger partial charge in [0.15, 0.2) is 5.78 Å². The van der Waals surface area contributed by atoms with Crippen LogP contribution in [0.3, 0.4) is 0 Å². The highest BCUT2D eigenvalue weighted by Crippen LogP contribution is 2.58. The van der Waals surface area contributed by atoms with Crippen LogP contribution in [0, 0.1) is 17.8 Å². The fourth-order valence-electron chi connectivity index (χ4n) is 3.44. The Labute approximate surface area is 124 Å². The number of carbonyl (C=O) groups is 2. The van der Waals surface area contributed by atoms with E-state index < -0.39 is 0 Å². The summed E-state index contributed by atoms with van der Waals surface area (Å²) in [6.07, 6.45) is 2.01. The molecule has 3 rings (SSSR count). The Morgan fingerprint density at radius 3 is 2.29 bits per heavy atom. The lowest BCUT2D eigenvalue weighted by Gasteiger charge is -2.16. The predicted octanol–water partition coefficient (Wildman–Crippen LogP) is 2.86. The molecule has 2 saturated carbocycles. The fraction of sp³-hybridized carbons (Fsp3) is 0.529. The Morgan fingerprint density at radius 2 is 1.76 bits per heavy atom. The van der Waals surface area contributed by atoms with Crippen molar-refractivity contribution < 1.29 is 19.1 Å². The first-order chi connectivity index (χ1) is 10.1. The van der Waals surface area contributed by atoms with E-state index in [1.165, 1.54) is 0 Å². The van der Waals surface area contributed by atoms with E-state index in [0.717, 1.165) is 18.6 Å². The van der Waals surface area contributed by atoms with Crippen molar-refractivity contribution in [1.29, 1.82) is 0 Å². The van der Waals surface area contributed by atoms with Crippen LogP contribution in [0.1, 0.15) is 37.0 Å². The molecule has 0 heterocycles. The summed E-state index contributed by atoms with van der Waals surface area (Å²) in [6.45, 7) is 3.85. The standard InChI is InChI=1S/C17H20O4/c1-3-20-17(19)16-14-8-13(9-15(14)16)21-12-6-4-11(5-7-12)10(2)18/h4-7,13-16H,3,8-9H2,1-2H3. The fourth-order valence-corrected chi connectivity index (χ4v) is 3.44. The van der Waals surface area contributed by atoms with Gasteiger partial charge < -0.3 is 9.47 Å². The first-order valence-corrected chi connectivity index (χ1v) is 7.54. The summed E-state index contributed by atoms with van der Waals surface area (Å²) in [5.41, 5.74) is 0.694. The second kappa shape index (κ2) is 5.51. The smallest absolute Gasteiger partial charge is 0.309 e. The van der Waals surface area contributed by atoms with Crippen LogP contribution in [0.15, 0.2) is 24.3 Å². The minimum Gasteiger partial charge on any atom is -0.490 e. The Balaban J connectivity index is 1.51. The van der Waals surface area contributed by atoms with Gasteiger partial charge in [-0.1, -0.05) is 0 Å². The molecular weight excluding hydrogens is 268 g/mol. The third kappa shape index (κ3) is 2.80. The Hall–Kier alpha value is -1.84. The summed E-state index contributed by atoms with van der Waals surface area (Å²) in [4.78, 5) is 22.9. The van der Waals surface area contributed by atoms with Gasteiger partial charge in [0, 0.05) is 5.56 Å². The molecule has 2 fully saturated rings. The third-order valence-electron chi connectivity index (χ3n) is 4.52. The molecule has 0 spiro atoms. The topological polar surface area (TPSA) is 52.6 Å². The minimum absolute atomic E-state index is 0.0447. The van der Waals surface area contributed by atoms with Gasteiger partial charge in [-0.3, -0.25) is 9.59 Å². The van der Waals surface area contributed by atoms with Gasteiger partial charge in [0.1, 0.15) is 5.75 Å². The van der Waals surface area contributed by atoms with Gasteiger partial charge in [-0.05, 0) is 62.8 Å². The molecule has 0 aliphatic heterocycles. The molecule has 2 unspecified atom stereocenters. The van der Waals surface area contributed by atoms with E-state index in [4.69, 9.17) is 9.47 Å². The van der Waals surface area contributed by atoms with Gasteiger partial charge in [0.2, 0.25) is 0 Å². The predicted molar refractivity (Wildman–Crippen MR) is 77.2 cm³/mol. The second-order valence-corrected chi connectivity index (χ2v) is 5.90. The van der Waals surface area contributed by atoms with E-state index in [0.29, 0.717) is 24.0 Å². The molecule has 0 N–H and O–H groups in total. The van der Waals surface area contributed by atoms with Crippen LogP contribution < -0.4 is 4.74 Å². The van der Waals surface area contributed by atoms with E-state index >= 15 is 0 Å². The lowest BCUT2D eigenvalue weighted by atomic mass is 10.1. The molecular formula is C17H20O4. The number of hydrogen-bond donors (Lipinski definition) is 0. The summed E-state index contributed by atoms with van der Waals surface area (Å²) in [5, 5.41) is 0. The maximum Gasteiger partial charge on any atom is 0.309 e. The van der Waals surface area contributed by atoms with Gasteiger partial charge in [-0.2, -0.15) is 0 Å². The summed E-state index contributed by atoms with van der Waals surface area (Å²) in [6, 6.07) is 7.25. The van der Waals surface area contributed by atoms with Crippen molar-refractivity contribution in [3.63, 3.8) is 0 Å². The number of rotatable bonds is 5. The van der Waals surface area contributed by atoms with Crippen LogP contribution >= 0.6 is 0 Å². The van der Waals surface area contributed by atoms with Gasteiger partial charge in [0.05, 0.1) is 18.6 Å². The molecule has 4 nitrogen and oxygen atoms in total. The minimum atomic E-state index is -0.0447. The van der Waals surface area contributed by atoms with Crippen molar-refractivity contribution in [3.05, 3.63) is 29.8 Å². The van der Waals surface area contributed by atoms with Crippen LogP contribution in [-0.4, -0.2) is 24.5 Å². The first kappa shape index (κ1) is 14.1. The summed E-state index contributed by atoms with van der Waals surface area (Å²) >= 11 is 0. The van der Waals surface area contributed by atoms with E-state index in [1.807, 2.05) is 19.1 Å². The molecule has 0 bridgehead atoms. The number of hydrogen-bond acceptors (Lipinski definition) is 4. The number of Topliss-reactive ketones (excluding diaryl/α,β-unsaturated/α-hetero) is 1. The molecule has 2 aliphatic carbocycles. The van der Waals surface area contributed by atoms with Gasteiger partial charge >= 0.3 is 5.97 Å². The highest BCUT2D eigenvalue weighted by atomic mass is 16.5. The molecule has 0 amide bonds. The van der Waals surface area contributed by atoms with Crippen molar-refractivity contribution >= 4 is 11.8 Å². The van der Waals surface area contributed by atoms with E-state index in [9.17, 15) is 9.59 Å². The SMILES string of the molecule is CCOC(=O)C1C2CC(Oc3ccc(C(C)=O)cc3)CC21. The van der Waals surface area contributed by atoms with Crippen LogP contribution in [0.2, 0.25) is 0 Å². The maximum atomic E-state index is 11.7.